The lowest BCUT2D eigenvalue weighted by atomic mass is 9.81. The third kappa shape index (κ3) is 2.27. The Morgan fingerprint density at radius 1 is 1.41 bits per heavy atom. The second-order valence-electron chi connectivity index (χ2n) is 5.70. The Morgan fingerprint density at radius 3 is 2.71 bits per heavy atom. The fraction of sp³-hybridized carbons (Fsp3) is 0.846. The van der Waals surface area contributed by atoms with E-state index in [4.69, 9.17) is 19.2 Å². The predicted octanol–water partition coefficient (Wildman–Crippen LogP) is 2.79. The number of fused-ring (bicyclic) bond motifs is 2. The summed E-state index contributed by atoms with van der Waals surface area (Å²) >= 11 is 0. The largest absolute Gasteiger partial charge is 0.325 e. The van der Waals surface area contributed by atoms with Gasteiger partial charge in [-0.2, -0.15) is 4.89 Å². The van der Waals surface area contributed by atoms with Crippen molar-refractivity contribution in [1.82, 2.24) is 0 Å². The molecule has 2 aliphatic heterocycles. The summed E-state index contributed by atoms with van der Waals surface area (Å²) in [6.45, 7) is 12.7. The van der Waals surface area contributed by atoms with Crippen LogP contribution in [-0.2, 0) is 19.2 Å². The summed E-state index contributed by atoms with van der Waals surface area (Å²) in [5.74, 6) is -1.01. The van der Waals surface area contributed by atoms with Crippen LogP contribution in [-0.4, -0.2) is 24.8 Å². The molecule has 2 aliphatic rings. The Morgan fingerprint density at radius 2 is 2.12 bits per heavy atom. The van der Waals surface area contributed by atoms with Crippen molar-refractivity contribution in [2.24, 2.45) is 5.41 Å². The third-order valence-corrected chi connectivity index (χ3v) is 3.34. The first-order valence-electron chi connectivity index (χ1n) is 6.22. The van der Waals surface area contributed by atoms with Gasteiger partial charge in [0, 0.05) is 11.8 Å². The van der Waals surface area contributed by atoms with Crippen molar-refractivity contribution in [2.75, 3.05) is 6.61 Å². The standard InChI is InChI=1S/C13H22O4/c1-6-7-13-14-8-12(4,5)11(15-13)10(9(2)3)16-17-13/h10-11H,2,6-8H2,1,3-5H3/t10-,11+,13-/m1/s1. The molecule has 0 amide bonds. The van der Waals surface area contributed by atoms with E-state index in [1.807, 2.05) is 6.92 Å². The lowest BCUT2D eigenvalue weighted by molar-refractivity contribution is -0.588. The zero-order valence-electron chi connectivity index (χ0n) is 11.1. The highest BCUT2D eigenvalue weighted by atomic mass is 17.3. The van der Waals surface area contributed by atoms with E-state index in [1.165, 1.54) is 0 Å². The number of ether oxygens (including phenoxy) is 2. The molecule has 2 saturated heterocycles. The summed E-state index contributed by atoms with van der Waals surface area (Å²) in [4.78, 5) is 10.8. The van der Waals surface area contributed by atoms with Gasteiger partial charge in [0.05, 0.1) is 6.61 Å². The van der Waals surface area contributed by atoms with E-state index in [-0.39, 0.29) is 17.6 Å². The SMILES string of the molecule is C=C(C)[C@H]1OO[C@]2(CCC)OCC(C)(C)[C@H]1O2. The first kappa shape index (κ1) is 13.0. The van der Waals surface area contributed by atoms with Crippen LogP contribution in [0.25, 0.3) is 0 Å². The number of rotatable bonds is 3. The summed E-state index contributed by atoms with van der Waals surface area (Å²) in [5, 5.41) is 0. The molecule has 4 nitrogen and oxygen atoms in total. The molecule has 0 spiro atoms. The predicted molar refractivity (Wildman–Crippen MR) is 63.0 cm³/mol. The first-order valence-corrected chi connectivity index (χ1v) is 6.22. The molecule has 2 heterocycles. The Kier molecular flexibility index (Phi) is 3.34. The molecule has 2 fully saturated rings. The minimum absolute atomic E-state index is 0.0750. The van der Waals surface area contributed by atoms with Gasteiger partial charge >= 0.3 is 5.97 Å². The monoisotopic (exact) mass is 242 g/mol. The Balaban J connectivity index is 2.22. The third-order valence-electron chi connectivity index (χ3n) is 3.34. The quantitative estimate of drug-likeness (QED) is 0.563. The van der Waals surface area contributed by atoms with Crippen LogP contribution in [0.4, 0.5) is 0 Å². The van der Waals surface area contributed by atoms with Gasteiger partial charge in [-0.3, -0.25) is 0 Å². The average molecular weight is 242 g/mol. The molecule has 98 valence electrons. The summed E-state index contributed by atoms with van der Waals surface area (Å²) in [6.07, 6.45) is 1.28. The van der Waals surface area contributed by atoms with Crippen molar-refractivity contribution < 1.29 is 19.2 Å². The fourth-order valence-electron chi connectivity index (χ4n) is 2.28. The van der Waals surface area contributed by atoms with Gasteiger partial charge < -0.3 is 9.47 Å². The normalized spacial score (nSPS) is 40.0. The molecule has 0 radical (unpaired) electrons. The smallest absolute Gasteiger partial charge is 0.312 e. The van der Waals surface area contributed by atoms with E-state index in [1.54, 1.807) is 0 Å². The first-order chi connectivity index (χ1) is 7.90. The van der Waals surface area contributed by atoms with Crippen molar-refractivity contribution in [3.05, 3.63) is 12.2 Å². The van der Waals surface area contributed by atoms with E-state index in [2.05, 4.69) is 27.4 Å². The zero-order valence-corrected chi connectivity index (χ0v) is 11.1. The Hall–Kier alpha value is -0.420. The highest BCUT2D eigenvalue weighted by Gasteiger charge is 2.55. The van der Waals surface area contributed by atoms with Crippen LogP contribution in [0.5, 0.6) is 0 Å². The van der Waals surface area contributed by atoms with E-state index >= 15 is 0 Å². The molecule has 0 aromatic rings. The van der Waals surface area contributed by atoms with Crippen LogP contribution >= 0.6 is 0 Å². The molecule has 0 N–H and O–H groups in total. The molecule has 0 aromatic carbocycles. The minimum atomic E-state index is -1.01. The lowest BCUT2D eigenvalue weighted by Crippen LogP contribution is -2.63. The van der Waals surface area contributed by atoms with Gasteiger partial charge in [0.25, 0.3) is 0 Å². The van der Waals surface area contributed by atoms with E-state index in [9.17, 15) is 0 Å². The topological polar surface area (TPSA) is 36.9 Å². The van der Waals surface area contributed by atoms with Crippen molar-refractivity contribution in [3.8, 4) is 0 Å². The molecule has 0 aromatic heterocycles. The van der Waals surface area contributed by atoms with E-state index in [0.29, 0.717) is 13.0 Å². The molecule has 3 atom stereocenters. The van der Waals surface area contributed by atoms with Crippen LogP contribution in [0.2, 0.25) is 0 Å². The minimum Gasteiger partial charge on any atom is -0.325 e. The van der Waals surface area contributed by atoms with Crippen molar-refractivity contribution in [2.45, 2.75) is 58.7 Å². The van der Waals surface area contributed by atoms with Gasteiger partial charge in [-0.25, -0.2) is 4.89 Å². The maximum absolute atomic E-state index is 6.01. The summed E-state index contributed by atoms with van der Waals surface area (Å²) < 4.78 is 11.7. The highest BCUT2D eigenvalue weighted by molar-refractivity contribution is 5.07. The molecule has 4 heteroatoms. The van der Waals surface area contributed by atoms with Crippen molar-refractivity contribution in [3.63, 3.8) is 0 Å². The number of hydrogen-bond donors (Lipinski definition) is 0. The van der Waals surface area contributed by atoms with Gasteiger partial charge in [0.2, 0.25) is 0 Å². The maximum atomic E-state index is 6.01. The average Bonchev–Trinajstić information content (AvgIpc) is 2.25. The Labute approximate surface area is 103 Å². The second kappa shape index (κ2) is 4.35. The van der Waals surface area contributed by atoms with Crippen molar-refractivity contribution in [1.29, 1.82) is 0 Å². The number of hydrogen-bond acceptors (Lipinski definition) is 4. The van der Waals surface area contributed by atoms with Crippen LogP contribution in [0.1, 0.15) is 40.5 Å². The Bertz CT molecular complexity index is 313. The molecule has 0 unspecified atom stereocenters. The maximum Gasteiger partial charge on any atom is 0.312 e. The van der Waals surface area contributed by atoms with Crippen LogP contribution in [0.3, 0.4) is 0 Å². The van der Waals surface area contributed by atoms with Gasteiger partial charge in [-0.15, -0.1) is 0 Å². The molecule has 17 heavy (non-hydrogen) atoms. The van der Waals surface area contributed by atoms with Crippen LogP contribution in [0, 0.1) is 5.41 Å². The highest BCUT2D eigenvalue weighted by Crippen LogP contribution is 2.44. The molecule has 2 rings (SSSR count). The summed E-state index contributed by atoms with van der Waals surface area (Å²) in [6, 6.07) is 0. The molecule has 2 bridgehead atoms. The van der Waals surface area contributed by atoms with E-state index < -0.39 is 5.97 Å². The van der Waals surface area contributed by atoms with Gasteiger partial charge in [-0.05, 0) is 18.9 Å². The molecule has 0 saturated carbocycles. The van der Waals surface area contributed by atoms with Crippen molar-refractivity contribution >= 4 is 0 Å². The van der Waals surface area contributed by atoms with Gasteiger partial charge in [0.15, 0.2) is 0 Å². The van der Waals surface area contributed by atoms with Gasteiger partial charge in [0.1, 0.15) is 12.2 Å². The van der Waals surface area contributed by atoms with Crippen LogP contribution in [0.15, 0.2) is 12.2 Å². The van der Waals surface area contributed by atoms with E-state index in [0.717, 1.165) is 12.0 Å². The zero-order chi connectivity index (χ0) is 12.7. The molecular weight excluding hydrogens is 220 g/mol. The fourth-order valence-corrected chi connectivity index (χ4v) is 2.28. The lowest BCUT2D eigenvalue weighted by Gasteiger charge is -2.52. The van der Waals surface area contributed by atoms with Crippen LogP contribution < -0.4 is 0 Å². The second-order valence-corrected chi connectivity index (χ2v) is 5.70. The van der Waals surface area contributed by atoms with Gasteiger partial charge in [-0.1, -0.05) is 27.4 Å². The summed E-state index contributed by atoms with van der Waals surface area (Å²) in [5.41, 5.74) is 0.806. The summed E-state index contributed by atoms with van der Waals surface area (Å²) in [7, 11) is 0. The molecule has 0 aliphatic carbocycles. The molecular formula is C13H22O4.